The predicted molar refractivity (Wildman–Crippen MR) is 65.6 cm³/mol. The number of hydrogen-bond donors (Lipinski definition) is 1. The molecule has 0 bridgehead atoms. The van der Waals surface area contributed by atoms with Crippen LogP contribution in [0.2, 0.25) is 0 Å². The lowest BCUT2D eigenvalue weighted by atomic mass is 10.1. The highest BCUT2D eigenvalue weighted by atomic mass is 16.5. The number of phenolic OH excluding ortho intramolecular Hbond substituents is 1. The first-order chi connectivity index (χ1) is 7.65. The Labute approximate surface area is 97.7 Å². The maximum absolute atomic E-state index is 9.22. The Kier molecular flexibility index (Phi) is 5.29. The van der Waals surface area contributed by atoms with Crippen LogP contribution in [-0.4, -0.2) is 37.3 Å². The summed E-state index contributed by atoms with van der Waals surface area (Å²) >= 11 is 0. The van der Waals surface area contributed by atoms with E-state index in [2.05, 4.69) is 18.9 Å². The molecule has 90 valence electrons. The lowest BCUT2D eigenvalue weighted by Gasteiger charge is -2.24. The minimum Gasteiger partial charge on any atom is -0.508 e. The molecule has 0 aliphatic rings. The van der Waals surface area contributed by atoms with Gasteiger partial charge in [0.1, 0.15) is 5.75 Å². The molecule has 3 heteroatoms. The molecule has 0 aliphatic carbocycles. The highest BCUT2D eigenvalue weighted by Crippen LogP contribution is 2.20. The van der Waals surface area contributed by atoms with Crippen LogP contribution in [0, 0.1) is 0 Å². The van der Waals surface area contributed by atoms with E-state index < -0.39 is 0 Å². The monoisotopic (exact) mass is 223 g/mol. The van der Waals surface area contributed by atoms with Crippen molar-refractivity contribution in [2.75, 3.05) is 27.3 Å². The van der Waals surface area contributed by atoms with Gasteiger partial charge < -0.3 is 9.84 Å². The Balaban J connectivity index is 2.49. The molecule has 0 aliphatic heterocycles. The molecule has 0 fully saturated rings. The molecule has 1 atom stereocenters. The van der Waals surface area contributed by atoms with Crippen molar-refractivity contribution in [1.29, 1.82) is 0 Å². The Hall–Kier alpha value is -1.06. The second-order valence-corrected chi connectivity index (χ2v) is 4.09. The molecule has 16 heavy (non-hydrogen) atoms. The molecule has 0 radical (unpaired) electrons. The van der Waals surface area contributed by atoms with Crippen LogP contribution in [0.25, 0.3) is 0 Å². The van der Waals surface area contributed by atoms with Gasteiger partial charge in [0.2, 0.25) is 0 Å². The molecule has 1 rings (SSSR count). The van der Waals surface area contributed by atoms with E-state index in [0.29, 0.717) is 11.8 Å². The van der Waals surface area contributed by atoms with E-state index in [9.17, 15) is 5.11 Å². The summed E-state index contributed by atoms with van der Waals surface area (Å²) < 4.78 is 5.03. The zero-order valence-corrected chi connectivity index (χ0v) is 10.3. The fourth-order valence-corrected chi connectivity index (χ4v) is 1.66. The van der Waals surface area contributed by atoms with Crippen molar-refractivity contribution in [3.63, 3.8) is 0 Å². The molecule has 0 aromatic heterocycles. The van der Waals surface area contributed by atoms with Crippen molar-refractivity contribution in [3.05, 3.63) is 29.8 Å². The molecule has 0 saturated heterocycles. The van der Waals surface area contributed by atoms with Gasteiger partial charge in [-0.2, -0.15) is 0 Å². The third kappa shape index (κ3) is 3.83. The Morgan fingerprint density at radius 3 is 2.50 bits per heavy atom. The molecule has 3 nitrogen and oxygen atoms in total. The molecule has 1 aromatic carbocycles. The largest absolute Gasteiger partial charge is 0.508 e. The van der Waals surface area contributed by atoms with E-state index in [1.54, 1.807) is 19.2 Å². The Morgan fingerprint density at radius 2 is 1.94 bits per heavy atom. The second kappa shape index (κ2) is 6.51. The van der Waals surface area contributed by atoms with Crippen LogP contribution in [0.1, 0.15) is 24.9 Å². The smallest absolute Gasteiger partial charge is 0.115 e. The van der Waals surface area contributed by atoms with E-state index >= 15 is 0 Å². The molecular weight excluding hydrogens is 202 g/mol. The molecule has 0 heterocycles. The molecular formula is C13H21NO2. The summed E-state index contributed by atoms with van der Waals surface area (Å²) in [5.74, 6) is 0.318. The van der Waals surface area contributed by atoms with Crippen LogP contribution >= 0.6 is 0 Å². The number of methoxy groups -OCH3 is 1. The zero-order valence-electron chi connectivity index (χ0n) is 10.3. The van der Waals surface area contributed by atoms with Gasteiger partial charge >= 0.3 is 0 Å². The molecule has 1 unspecified atom stereocenters. The first-order valence-electron chi connectivity index (χ1n) is 5.63. The normalized spacial score (nSPS) is 13.0. The average Bonchev–Trinajstić information content (AvgIpc) is 2.29. The maximum atomic E-state index is 9.22. The van der Waals surface area contributed by atoms with Crippen LogP contribution in [0.5, 0.6) is 5.75 Å². The number of phenols is 1. The van der Waals surface area contributed by atoms with Gasteiger partial charge in [0, 0.05) is 26.3 Å². The van der Waals surface area contributed by atoms with Crippen LogP contribution in [0.15, 0.2) is 24.3 Å². The standard InChI is InChI=1S/C13H21NO2/c1-11(14(2)9-4-10-16-3)12-5-7-13(15)8-6-12/h5-8,11,15H,4,9-10H2,1-3H3. The topological polar surface area (TPSA) is 32.7 Å². The lowest BCUT2D eigenvalue weighted by Crippen LogP contribution is -2.24. The quantitative estimate of drug-likeness (QED) is 0.752. The number of aromatic hydroxyl groups is 1. The minimum atomic E-state index is 0.318. The molecule has 0 amide bonds. The third-order valence-corrected chi connectivity index (χ3v) is 2.90. The highest BCUT2D eigenvalue weighted by Gasteiger charge is 2.10. The van der Waals surface area contributed by atoms with Crippen molar-refractivity contribution < 1.29 is 9.84 Å². The second-order valence-electron chi connectivity index (χ2n) is 4.09. The predicted octanol–water partition coefficient (Wildman–Crippen LogP) is 2.42. The van der Waals surface area contributed by atoms with Gasteiger partial charge in [-0.25, -0.2) is 0 Å². The summed E-state index contributed by atoms with van der Waals surface area (Å²) in [6.07, 6.45) is 1.04. The van der Waals surface area contributed by atoms with Gasteiger partial charge in [0.15, 0.2) is 0 Å². The van der Waals surface area contributed by atoms with Crippen LogP contribution in [0.4, 0.5) is 0 Å². The van der Waals surface area contributed by atoms with Gasteiger partial charge in [0.25, 0.3) is 0 Å². The first-order valence-corrected chi connectivity index (χ1v) is 5.63. The summed E-state index contributed by atoms with van der Waals surface area (Å²) in [5, 5.41) is 9.22. The lowest BCUT2D eigenvalue weighted by molar-refractivity contribution is 0.168. The summed E-state index contributed by atoms with van der Waals surface area (Å²) in [5.41, 5.74) is 1.22. The van der Waals surface area contributed by atoms with Gasteiger partial charge in [0.05, 0.1) is 0 Å². The van der Waals surface area contributed by atoms with Gasteiger partial charge in [-0.1, -0.05) is 12.1 Å². The number of nitrogens with zero attached hydrogens (tertiary/aromatic N) is 1. The average molecular weight is 223 g/mol. The number of ether oxygens (including phenoxy) is 1. The zero-order chi connectivity index (χ0) is 12.0. The summed E-state index contributed by atoms with van der Waals surface area (Å²) in [6.45, 7) is 3.97. The van der Waals surface area contributed by atoms with Gasteiger partial charge in [-0.3, -0.25) is 4.90 Å². The first kappa shape index (κ1) is 13.0. The van der Waals surface area contributed by atoms with E-state index in [1.807, 2.05) is 12.1 Å². The van der Waals surface area contributed by atoms with E-state index in [1.165, 1.54) is 5.56 Å². The number of hydrogen-bond acceptors (Lipinski definition) is 3. The molecule has 0 saturated carbocycles. The summed E-state index contributed by atoms with van der Waals surface area (Å²) in [4.78, 5) is 2.28. The Bertz CT molecular complexity index is 297. The van der Waals surface area contributed by atoms with Crippen molar-refractivity contribution in [1.82, 2.24) is 4.90 Å². The van der Waals surface area contributed by atoms with Crippen LogP contribution < -0.4 is 0 Å². The fraction of sp³-hybridized carbons (Fsp3) is 0.538. The van der Waals surface area contributed by atoms with Crippen molar-refractivity contribution in [3.8, 4) is 5.75 Å². The SMILES string of the molecule is COCCCN(C)C(C)c1ccc(O)cc1. The maximum Gasteiger partial charge on any atom is 0.115 e. The molecule has 1 aromatic rings. The minimum absolute atomic E-state index is 0.318. The van der Waals surface area contributed by atoms with Crippen LogP contribution in [-0.2, 0) is 4.74 Å². The number of rotatable bonds is 6. The van der Waals surface area contributed by atoms with E-state index in [4.69, 9.17) is 4.74 Å². The Morgan fingerprint density at radius 1 is 1.31 bits per heavy atom. The molecule has 0 spiro atoms. The fourth-order valence-electron chi connectivity index (χ4n) is 1.66. The van der Waals surface area contributed by atoms with Crippen molar-refractivity contribution in [2.45, 2.75) is 19.4 Å². The molecule has 1 N–H and O–H groups in total. The van der Waals surface area contributed by atoms with E-state index in [0.717, 1.165) is 19.6 Å². The summed E-state index contributed by atoms with van der Waals surface area (Å²) in [7, 11) is 3.83. The van der Waals surface area contributed by atoms with Gasteiger partial charge in [-0.15, -0.1) is 0 Å². The van der Waals surface area contributed by atoms with Crippen LogP contribution in [0.3, 0.4) is 0 Å². The highest BCUT2D eigenvalue weighted by molar-refractivity contribution is 5.27. The number of benzene rings is 1. The summed E-state index contributed by atoms with van der Waals surface area (Å²) in [6, 6.07) is 7.75. The third-order valence-electron chi connectivity index (χ3n) is 2.90. The van der Waals surface area contributed by atoms with Crippen molar-refractivity contribution in [2.24, 2.45) is 0 Å². The van der Waals surface area contributed by atoms with Crippen molar-refractivity contribution >= 4 is 0 Å². The van der Waals surface area contributed by atoms with Gasteiger partial charge in [-0.05, 0) is 38.1 Å². The van der Waals surface area contributed by atoms with E-state index in [-0.39, 0.29) is 0 Å².